The fraction of sp³-hybridized carbons (Fsp3) is 0.400. The van der Waals surface area contributed by atoms with E-state index in [0.717, 1.165) is 11.1 Å². The Bertz CT molecular complexity index is 652. The number of aliphatic hydroxyl groups is 1. The molecule has 0 saturated carbocycles. The Morgan fingerprint density at radius 2 is 2.35 bits per heavy atom. The van der Waals surface area contributed by atoms with Crippen molar-refractivity contribution in [1.82, 2.24) is 4.90 Å². The number of hydrogen-bond donors (Lipinski definition) is 1. The van der Waals surface area contributed by atoms with E-state index in [1.165, 1.54) is 17.4 Å². The van der Waals surface area contributed by atoms with Crippen LogP contribution in [0.4, 0.5) is 4.39 Å². The van der Waals surface area contributed by atoms with Gasteiger partial charge in [0.25, 0.3) is 5.91 Å². The lowest BCUT2D eigenvalue weighted by molar-refractivity contribution is 0.0767. The molecule has 1 saturated heterocycles. The smallest absolute Gasteiger partial charge is 0.263 e. The molecule has 0 spiro atoms. The molecule has 1 fully saturated rings. The SMILES string of the molecule is CC(O)C1CCN(C(=O)c2cc3c(F)cccc3s2)C1. The largest absolute Gasteiger partial charge is 0.393 e. The van der Waals surface area contributed by atoms with Crippen molar-refractivity contribution >= 4 is 27.3 Å². The van der Waals surface area contributed by atoms with E-state index in [1.54, 1.807) is 24.0 Å². The third-order valence-electron chi connectivity index (χ3n) is 3.91. The Labute approximate surface area is 120 Å². The maximum atomic E-state index is 13.7. The Morgan fingerprint density at radius 3 is 3.00 bits per heavy atom. The van der Waals surface area contributed by atoms with Crippen molar-refractivity contribution in [1.29, 1.82) is 0 Å². The van der Waals surface area contributed by atoms with E-state index in [4.69, 9.17) is 0 Å². The van der Waals surface area contributed by atoms with Crippen molar-refractivity contribution in [3.63, 3.8) is 0 Å². The van der Waals surface area contributed by atoms with Gasteiger partial charge in [-0.05, 0) is 31.5 Å². The number of nitrogens with zero attached hydrogens (tertiary/aromatic N) is 1. The highest BCUT2D eigenvalue weighted by Gasteiger charge is 2.30. The van der Waals surface area contributed by atoms with E-state index in [0.29, 0.717) is 23.4 Å². The lowest BCUT2D eigenvalue weighted by Crippen LogP contribution is -2.29. The van der Waals surface area contributed by atoms with E-state index < -0.39 is 6.10 Å². The summed E-state index contributed by atoms with van der Waals surface area (Å²) in [5.41, 5.74) is 0. The van der Waals surface area contributed by atoms with Crippen LogP contribution in [0.5, 0.6) is 0 Å². The molecule has 1 aliphatic rings. The van der Waals surface area contributed by atoms with Crippen LogP contribution in [0.2, 0.25) is 0 Å². The molecule has 2 unspecified atom stereocenters. The summed E-state index contributed by atoms with van der Waals surface area (Å²) in [5, 5.41) is 10.1. The average Bonchev–Trinajstić information content (AvgIpc) is 3.05. The number of halogens is 1. The Kier molecular flexibility index (Phi) is 3.48. The summed E-state index contributed by atoms with van der Waals surface area (Å²) in [6, 6.07) is 6.51. The number of rotatable bonds is 2. The molecule has 2 aromatic rings. The lowest BCUT2D eigenvalue weighted by Gasteiger charge is -2.16. The summed E-state index contributed by atoms with van der Waals surface area (Å²) in [6.07, 6.45) is 0.426. The fourth-order valence-electron chi connectivity index (χ4n) is 2.65. The monoisotopic (exact) mass is 293 g/mol. The van der Waals surface area contributed by atoms with Crippen LogP contribution in [0.3, 0.4) is 0 Å². The third-order valence-corrected chi connectivity index (χ3v) is 5.00. The van der Waals surface area contributed by atoms with Gasteiger partial charge in [0.2, 0.25) is 0 Å². The second kappa shape index (κ2) is 5.14. The summed E-state index contributed by atoms with van der Waals surface area (Å²) in [4.78, 5) is 14.7. The normalized spacial score (nSPS) is 20.6. The lowest BCUT2D eigenvalue weighted by atomic mass is 10.0. The molecule has 0 aliphatic carbocycles. The van der Waals surface area contributed by atoms with Gasteiger partial charge < -0.3 is 10.0 Å². The van der Waals surface area contributed by atoms with Crippen LogP contribution in [0.1, 0.15) is 23.0 Å². The van der Waals surface area contributed by atoms with E-state index in [9.17, 15) is 14.3 Å². The van der Waals surface area contributed by atoms with Crippen LogP contribution in [0.15, 0.2) is 24.3 Å². The first kappa shape index (κ1) is 13.5. The predicted octanol–water partition coefficient (Wildman–Crippen LogP) is 2.88. The molecule has 3 nitrogen and oxygen atoms in total. The maximum absolute atomic E-state index is 13.7. The number of benzene rings is 1. The number of thiophene rings is 1. The first-order valence-corrected chi connectivity index (χ1v) is 7.53. The van der Waals surface area contributed by atoms with Crippen molar-refractivity contribution in [3.05, 3.63) is 35.0 Å². The van der Waals surface area contributed by atoms with E-state index >= 15 is 0 Å². The molecule has 20 heavy (non-hydrogen) atoms. The van der Waals surface area contributed by atoms with Gasteiger partial charge in [-0.25, -0.2) is 4.39 Å². The summed E-state index contributed by atoms with van der Waals surface area (Å²) in [6.45, 7) is 2.99. The van der Waals surface area contributed by atoms with Gasteiger partial charge >= 0.3 is 0 Å². The van der Waals surface area contributed by atoms with Crippen LogP contribution in [-0.4, -0.2) is 35.1 Å². The zero-order valence-electron chi connectivity index (χ0n) is 11.2. The number of likely N-dealkylation sites (tertiary alicyclic amines) is 1. The highest BCUT2D eigenvalue weighted by molar-refractivity contribution is 7.20. The van der Waals surface area contributed by atoms with Crippen LogP contribution in [0, 0.1) is 11.7 Å². The zero-order valence-corrected chi connectivity index (χ0v) is 12.0. The van der Waals surface area contributed by atoms with Gasteiger partial charge in [-0.3, -0.25) is 4.79 Å². The molecule has 1 aromatic heterocycles. The van der Waals surface area contributed by atoms with Crippen molar-refractivity contribution < 1.29 is 14.3 Å². The zero-order chi connectivity index (χ0) is 14.3. The molecular formula is C15H16FNO2S. The van der Waals surface area contributed by atoms with Gasteiger partial charge in [-0.2, -0.15) is 0 Å². The Morgan fingerprint density at radius 1 is 1.55 bits per heavy atom. The highest BCUT2D eigenvalue weighted by Crippen LogP contribution is 2.30. The number of carbonyl (C=O) groups excluding carboxylic acids is 1. The Hall–Kier alpha value is -1.46. The molecule has 2 heterocycles. The second-order valence-electron chi connectivity index (χ2n) is 5.30. The molecule has 2 atom stereocenters. The minimum absolute atomic E-state index is 0.0613. The van der Waals surface area contributed by atoms with E-state index in [2.05, 4.69) is 0 Å². The quantitative estimate of drug-likeness (QED) is 0.925. The van der Waals surface area contributed by atoms with Crippen molar-refractivity contribution in [2.75, 3.05) is 13.1 Å². The molecule has 1 aliphatic heterocycles. The second-order valence-corrected chi connectivity index (χ2v) is 6.39. The fourth-order valence-corrected chi connectivity index (χ4v) is 3.70. The molecule has 1 N–H and O–H groups in total. The molecule has 0 bridgehead atoms. The van der Waals surface area contributed by atoms with Gasteiger partial charge in [0.05, 0.1) is 11.0 Å². The summed E-state index contributed by atoms with van der Waals surface area (Å²) in [7, 11) is 0. The average molecular weight is 293 g/mol. The number of aliphatic hydroxyl groups excluding tert-OH is 1. The van der Waals surface area contributed by atoms with Gasteiger partial charge in [-0.1, -0.05) is 6.07 Å². The molecule has 106 valence electrons. The van der Waals surface area contributed by atoms with E-state index in [-0.39, 0.29) is 17.6 Å². The Balaban J connectivity index is 1.84. The number of carbonyl (C=O) groups is 1. The van der Waals surface area contributed by atoms with Gasteiger partial charge in [0, 0.05) is 29.1 Å². The summed E-state index contributed by atoms with van der Waals surface area (Å²) in [5.74, 6) is -0.208. The number of fused-ring (bicyclic) bond motifs is 1. The van der Waals surface area contributed by atoms with Crippen LogP contribution >= 0.6 is 11.3 Å². The molecular weight excluding hydrogens is 277 g/mol. The first-order valence-electron chi connectivity index (χ1n) is 6.71. The molecule has 1 aromatic carbocycles. The maximum Gasteiger partial charge on any atom is 0.263 e. The molecule has 0 radical (unpaired) electrons. The number of hydrogen-bond acceptors (Lipinski definition) is 3. The summed E-state index contributed by atoms with van der Waals surface area (Å²) < 4.78 is 14.4. The molecule has 3 rings (SSSR count). The molecule has 1 amide bonds. The van der Waals surface area contributed by atoms with Crippen molar-refractivity contribution in [2.45, 2.75) is 19.4 Å². The van der Waals surface area contributed by atoms with Crippen LogP contribution in [0.25, 0.3) is 10.1 Å². The third kappa shape index (κ3) is 2.31. The highest BCUT2D eigenvalue weighted by atomic mass is 32.1. The van der Waals surface area contributed by atoms with E-state index in [1.807, 2.05) is 6.07 Å². The standard InChI is InChI=1S/C15H16FNO2S/c1-9(18)10-5-6-17(8-10)15(19)14-7-11-12(16)3-2-4-13(11)20-14/h2-4,7,9-10,18H,5-6,8H2,1H3. The van der Waals surface area contributed by atoms with Gasteiger partial charge in [-0.15, -0.1) is 11.3 Å². The summed E-state index contributed by atoms with van der Waals surface area (Å²) >= 11 is 1.32. The van der Waals surface area contributed by atoms with Crippen LogP contribution in [-0.2, 0) is 0 Å². The van der Waals surface area contributed by atoms with Crippen molar-refractivity contribution in [2.24, 2.45) is 5.92 Å². The minimum Gasteiger partial charge on any atom is -0.393 e. The topological polar surface area (TPSA) is 40.5 Å². The van der Waals surface area contributed by atoms with Crippen LogP contribution < -0.4 is 0 Å². The van der Waals surface area contributed by atoms with Gasteiger partial charge in [0.15, 0.2) is 0 Å². The van der Waals surface area contributed by atoms with Gasteiger partial charge in [0.1, 0.15) is 5.82 Å². The number of amides is 1. The predicted molar refractivity (Wildman–Crippen MR) is 77.5 cm³/mol. The first-order chi connectivity index (χ1) is 9.56. The minimum atomic E-state index is -0.396. The molecule has 5 heteroatoms. The van der Waals surface area contributed by atoms with Crippen molar-refractivity contribution in [3.8, 4) is 0 Å².